The van der Waals surface area contributed by atoms with Crippen LogP contribution >= 0.6 is 0 Å². The molecular formula is C32H30N2O2. The quantitative estimate of drug-likeness (QED) is 0.242. The number of hydrogen-bond acceptors (Lipinski definition) is 3. The summed E-state index contributed by atoms with van der Waals surface area (Å²) < 4.78 is 13.7. The fraction of sp³-hybridized carbons (Fsp3) is 0.219. The molecule has 0 amide bonds. The minimum Gasteiger partial charge on any atom is -0.472 e. The van der Waals surface area contributed by atoms with Crippen LogP contribution in [0.4, 0.5) is 0 Å². The third-order valence-corrected chi connectivity index (χ3v) is 7.13. The number of aromatic nitrogens is 2. The van der Waals surface area contributed by atoms with Crippen LogP contribution < -0.4 is 0 Å². The molecule has 4 nitrogen and oxygen atoms in total. The number of hydrogen-bond donors (Lipinski definition) is 0. The molecule has 0 saturated carbocycles. The number of para-hydroxylation sites is 2. The third kappa shape index (κ3) is 3.74. The van der Waals surface area contributed by atoms with Gasteiger partial charge < -0.3 is 13.4 Å². The Morgan fingerprint density at radius 2 is 1.58 bits per heavy atom. The van der Waals surface area contributed by atoms with Gasteiger partial charge >= 0.3 is 0 Å². The van der Waals surface area contributed by atoms with E-state index >= 15 is 0 Å². The molecule has 0 radical (unpaired) electrons. The van der Waals surface area contributed by atoms with Gasteiger partial charge in [-0.3, -0.25) is 0 Å². The van der Waals surface area contributed by atoms with Gasteiger partial charge in [-0.15, -0.1) is 0 Å². The molecule has 0 N–H and O–H groups in total. The van der Waals surface area contributed by atoms with Crippen LogP contribution in [-0.4, -0.2) is 9.55 Å². The maximum absolute atomic E-state index is 6.02. The van der Waals surface area contributed by atoms with Crippen molar-refractivity contribution in [3.05, 3.63) is 102 Å². The van der Waals surface area contributed by atoms with Gasteiger partial charge in [-0.25, -0.2) is 4.98 Å². The summed E-state index contributed by atoms with van der Waals surface area (Å²) >= 11 is 0. The highest BCUT2D eigenvalue weighted by Crippen LogP contribution is 2.37. The van der Waals surface area contributed by atoms with Crippen molar-refractivity contribution in [1.82, 2.24) is 9.55 Å². The van der Waals surface area contributed by atoms with Gasteiger partial charge in [0.05, 0.1) is 35.7 Å². The number of rotatable bonds is 6. The lowest BCUT2D eigenvalue weighted by molar-refractivity contribution is 0.568. The summed E-state index contributed by atoms with van der Waals surface area (Å²) in [6, 6.07) is 23.4. The van der Waals surface area contributed by atoms with Gasteiger partial charge in [-0.1, -0.05) is 64.1 Å². The molecule has 0 atom stereocenters. The van der Waals surface area contributed by atoms with Crippen molar-refractivity contribution >= 4 is 22.0 Å². The largest absolute Gasteiger partial charge is 0.472 e. The Morgan fingerprint density at radius 3 is 2.31 bits per heavy atom. The fourth-order valence-electron chi connectivity index (χ4n) is 5.30. The maximum Gasteiger partial charge on any atom is 0.145 e. The summed E-state index contributed by atoms with van der Waals surface area (Å²) in [4.78, 5) is 5.13. The predicted molar refractivity (Wildman–Crippen MR) is 146 cm³/mol. The van der Waals surface area contributed by atoms with Gasteiger partial charge in [0.1, 0.15) is 17.7 Å². The molecule has 0 aliphatic carbocycles. The number of fused-ring (bicyclic) bond motifs is 2. The monoisotopic (exact) mass is 474 g/mol. The zero-order valence-electron chi connectivity index (χ0n) is 21.2. The van der Waals surface area contributed by atoms with E-state index in [4.69, 9.17) is 13.8 Å². The molecule has 3 heterocycles. The minimum absolute atomic E-state index is 0.434. The minimum atomic E-state index is 0.434. The lowest BCUT2D eigenvalue weighted by atomic mass is 9.88. The van der Waals surface area contributed by atoms with Crippen molar-refractivity contribution < 1.29 is 8.83 Å². The van der Waals surface area contributed by atoms with E-state index < -0.39 is 0 Å². The van der Waals surface area contributed by atoms with Crippen LogP contribution in [0, 0.1) is 0 Å². The normalized spacial score (nSPS) is 11.9. The van der Waals surface area contributed by atoms with Gasteiger partial charge in [0, 0.05) is 10.9 Å². The molecular weight excluding hydrogens is 444 g/mol. The molecule has 3 aromatic carbocycles. The van der Waals surface area contributed by atoms with Gasteiger partial charge in [-0.2, -0.15) is 0 Å². The first-order chi connectivity index (χ1) is 17.5. The van der Waals surface area contributed by atoms with E-state index in [1.165, 1.54) is 16.7 Å². The van der Waals surface area contributed by atoms with E-state index in [2.05, 4.69) is 86.9 Å². The molecule has 0 saturated heterocycles. The standard InChI is InChI=1S/C32H30N2O2/c1-20(2)24-8-7-9-25(21(3)4)27(24)17-34-30-11-6-5-10-29(30)33-32(34)28-19-36-31-13-12-22(16-26(28)31)23-14-15-35-18-23/h5-16,18-21H,17H2,1-4H3. The smallest absolute Gasteiger partial charge is 0.145 e. The number of nitrogens with zero attached hydrogens (tertiary/aromatic N) is 2. The topological polar surface area (TPSA) is 44.1 Å². The van der Waals surface area contributed by atoms with Crippen molar-refractivity contribution in [2.75, 3.05) is 0 Å². The van der Waals surface area contributed by atoms with Crippen LogP contribution in [0.25, 0.3) is 44.5 Å². The van der Waals surface area contributed by atoms with Gasteiger partial charge in [-0.05, 0) is 64.4 Å². The van der Waals surface area contributed by atoms with E-state index in [1.807, 2.05) is 18.4 Å². The average Bonchev–Trinajstić information content (AvgIpc) is 3.62. The lowest BCUT2D eigenvalue weighted by Crippen LogP contribution is -2.10. The molecule has 4 heteroatoms. The summed E-state index contributed by atoms with van der Waals surface area (Å²) in [6.07, 6.45) is 5.32. The Kier molecular flexibility index (Phi) is 5.52. The van der Waals surface area contributed by atoms with Crippen LogP contribution in [0.2, 0.25) is 0 Å². The molecule has 0 unspecified atom stereocenters. The average molecular weight is 475 g/mol. The Labute approximate surface area is 211 Å². The first-order valence-corrected chi connectivity index (χ1v) is 12.6. The second-order valence-corrected chi connectivity index (χ2v) is 10.1. The number of benzene rings is 3. The summed E-state index contributed by atoms with van der Waals surface area (Å²) in [6.45, 7) is 9.85. The zero-order valence-corrected chi connectivity index (χ0v) is 21.2. The second kappa shape index (κ2) is 8.87. The van der Waals surface area contributed by atoms with E-state index in [1.54, 1.807) is 12.5 Å². The van der Waals surface area contributed by atoms with Gasteiger partial charge in [0.25, 0.3) is 0 Å². The summed E-state index contributed by atoms with van der Waals surface area (Å²) in [5.74, 6) is 1.79. The van der Waals surface area contributed by atoms with Crippen LogP contribution in [0.15, 0.2) is 94.4 Å². The van der Waals surface area contributed by atoms with Crippen molar-refractivity contribution in [3.8, 4) is 22.5 Å². The van der Waals surface area contributed by atoms with Gasteiger partial charge in [0.15, 0.2) is 0 Å². The molecule has 3 aromatic heterocycles. The zero-order chi connectivity index (χ0) is 24.8. The molecule has 36 heavy (non-hydrogen) atoms. The molecule has 6 rings (SSSR count). The second-order valence-electron chi connectivity index (χ2n) is 10.1. The van der Waals surface area contributed by atoms with E-state index in [0.717, 1.165) is 51.1 Å². The Balaban J connectivity index is 1.58. The third-order valence-electron chi connectivity index (χ3n) is 7.13. The van der Waals surface area contributed by atoms with Crippen molar-refractivity contribution in [2.24, 2.45) is 0 Å². The van der Waals surface area contributed by atoms with E-state index in [0.29, 0.717) is 11.8 Å². The van der Waals surface area contributed by atoms with Crippen LogP contribution in [0.3, 0.4) is 0 Å². The molecule has 0 spiro atoms. The van der Waals surface area contributed by atoms with E-state index in [-0.39, 0.29) is 0 Å². The molecule has 0 aliphatic heterocycles. The molecule has 0 aliphatic rings. The summed E-state index contributed by atoms with van der Waals surface area (Å²) in [5.41, 5.74) is 10.3. The fourth-order valence-corrected chi connectivity index (χ4v) is 5.30. The predicted octanol–water partition coefficient (Wildman–Crippen LogP) is 9.00. The Morgan fingerprint density at radius 1 is 0.806 bits per heavy atom. The molecule has 6 aromatic rings. The van der Waals surface area contributed by atoms with Crippen LogP contribution in [0.5, 0.6) is 0 Å². The molecule has 180 valence electrons. The first kappa shape index (κ1) is 22.4. The highest BCUT2D eigenvalue weighted by molar-refractivity contribution is 5.96. The van der Waals surface area contributed by atoms with Crippen molar-refractivity contribution in [2.45, 2.75) is 46.1 Å². The van der Waals surface area contributed by atoms with Crippen LogP contribution in [-0.2, 0) is 6.54 Å². The Hall–Kier alpha value is -4.05. The van der Waals surface area contributed by atoms with Crippen molar-refractivity contribution in [3.63, 3.8) is 0 Å². The lowest BCUT2D eigenvalue weighted by Gasteiger charge is -2.21. The number of imidazole rings is 1. The van der Waals surface area contributed by atoms with E-state index in [9.17, 15) is 0 Å². The first-order valence-electron chi connectivity index (χ1n) is 12.6. The summed E-state index contributed by atoms with van der Waals surface area (Å²) in [5, 5.41) is 1.05. The highest BCUT2D eigenvalue weighted by Gasteiger charge is 2.21. The van der Waals surface area contributed by atoms with Crippen LogP contribution in [0.1, 0.15) is 56.2 Å². The van der Waals surface area contributed by atoms with Crippen molar-refractivity contribution in [1.29, 1.82) is 0 Å². The molecule has 0 bridgehead atoms. The highest BCUT2D eigenvalue weighted by atomic mass is 16.3. The molecule has 0 fully saturated rings. The Bertz CT molecular complexity index is 1640. The maximum atomic E-state index is 6.02. The number of furan rings is 2. The summed E-state index contributed by atoms with van der Waals surface area (Å²) in [7, 11) is 0. The SMILES string of the molecule is CC(C)c1cccc(C(C)C)c1Cn1c(-c2coc3ccc(-c4ccoc4)cc23)nc2ccccc21. The van der Waals surface area contributed by atoms with Gasteiger partial charge in [0.2, 0.25) is 0 Å².